The lowest BCUT2D eigenvalue weighted by Gasteiger charge is -2.08. The summed E-state index contributed by atoms with van der Waals surface area (Å²) in [6.45, 7) is 4.76. The average molecular weight is 197 g/mol. The molecule has 78 valence electrons. The molecular formula is C9H15N3O2. The summed E-state index contributed by atoms with van der Waals surface area (Å²) in [5.41, 5.74) is 5.41. The van der Waals surface area contributed by atoms with Gasteiger partial charge in [-0.1, -0.05) is 6.92 Å². The first kappa shape index (κ1) is 10.7. The van der Waals surface area contributed by atoms with Crippen LogP contribution in [0.4, 0.5) is 0 Å². The molecular weight excluding hydrogens is 182 g/mol. The molecule has 3 N–H and O–H groups in total. The molecule has 0 radical (unpaired) electrons. The highest BCUT2D eigenvalue weighted by Crippen LogP contribution is 2.01. The summed E-state index contributed by atoms with van der Waals surface area (Å²) in [5, 5.41) is 2.71. The zero-order valence-corrected chi connectivity index (χ0v) is 8.41. The Morgan fingerprint density at radius 1 is 1.79 bits per heavy atom. The molecule has 0 bridgehead atoms. The van der Waals surface area contributed by atoms with Crippen LogP contribution in [0.5, 0.6) is 0 Å². The van der Waals surface area contributed by atoms with Gasteiger partial charge in [0.1, 0.15) is 0 Å². The third-order valence-corrected chi connectivity index (χ3v) is 1.86. The number of amides is 1. The van der Waals surface area contributed by atoms with Crippen LogP contribution < -0.4 is 11.1 Å². The molecule has 1 heterocycles. The molecule has 0 aliphatic heterocycles. The third-order valence-electron chi connectivity index (χ3n) is 1.86. The first-order chi connectivity index (χ1) is 6.63. The fraction of sp³-hybridized carbons (Fsp3) is 0.556. The molecule has 0 saturated heterocycles. The predicted molar refractivity (Wildman–Crippen MR) is 51.8 cm³/mol. The van der Waals surface area contributed by atoms with Gasteiger partial charge in [-0.3, -0.25) is 4.79 Å². The number of hydrogen-bond acceptors (Lipinski definition) is 4. The number of hydrogen-bond donors (Lipinski definition) is 2. The van der Waals surface area contributed by atoms with E-state index in [1.807, 2.05) is 6.92 Å². The molecule has 0 fully saturated rings. The second-order valence-corrected chi connectivity index (χ2v) is 3.29. The number of aryl methyl sites for hydroxylation is 1. The number of nitrogens with two attached hydrogens (primary N) is 1. The minimum atomic E-state index is -0.245. The van der Waals surface area contributed by atoms with Gasteiger partial charge in [-0.2, -0.15) is 0 Å². The monoisotopic (exact) mass is 197 g/mol. The number of oxazole rings is 1. The van der Waals surface area contributed by atoms with Gasteiger partial charge >= 0.3 is 0 Å². The van der Waals surface area contributed by atoms with Crippen LogP contribution in [0.15, 0.2) is 10.6 Å². The standard InChI is InChI=1S/C9H15N3O2/c1-6(3-10)4-12-9(13)8-5-11-7(2)14-8/h5-6H,3-4,10H2,1-2H3,(H,12,13). The largest absolute Gasteiger partial charge is 0.436 e. The molecule has 1 amide bonds. The molecule has 5 heteroatoms. The van der Waals surface area contributed by atoms with Gasteiger partial charge in [-0.25, -0.2) is 4.98 Å². The summed E-state index contributed by atoms with van der Waals surface area (Å²) in [6, 6.07) is 0. The van der Waals surface area contributed by atoms with E-state index in [-0.39, 0.29) is 17.6 Å². The van der Waals surface area contributed by atoms with Gasteiger partial charge < -0.3 is 15.5 Å². The molecule has 5 nitrogen and oxygen atoms in total. The lowest BCUT2D eigenvalue weighted by atomic mass is 10.2. The Morgan fingerprint density at radius 2 is 2.50 bits per heavy atom. The maximum Gasteiger partial charge on any atom is 0.288 e. The predicted octanol–water partition coefficient (Wildman–Crippen LogP) is 0.308. The topological polar surface area (TPSA) is 81.2 Å². The summed E-state index contributed by atoms with van der Waals surface area (Å²) in [4.78, 5) is 15.2. The number of nitrogens with zero attached hydrogens (tertiary/aromatic N) is 1. The van der Waals surface area contributed by atoms with E-state index in [1.54, 1.807) is 6.92 Å². The number of nitrogens with one attached hydrogen (secondary N) is 1. The van der Waals surface area contributed by atoms with Crippen LogP contribution in [0.1, 0.15) is 23.4 Å². The van der Waals surface area contributed by atoms with Gasteiger partial charge in [-0.15, -0.1) is 0 Å². The van der Waals surface area contributed by atoms with Crippen molar-refractivity contribution in [1.29, 1.82) is 0 Å². The second kappa shape index (κ2) is 4.76. The van der Waals surface area contributed by atoms with Crippen molar-refractivity contribution in [3.63, 3.8) is 0 Å². The smallest absolute Gasteiger partial charge is 0.288 e. The molecule has 1 atom stereocenters. The van der Waals surface area contributed by atoms with Crippen LogP contribution in [0.3, 0.4) is 0 Å². The van der Waals surface area contributed by atoms with Gasteiger partial charge in [-0.05, 0) is 12.5 Å². The van der Waals surface area contributed by atoms with Gasteiger partial charge in [0.15, 0.2) is 5.89 Å². The SMILES string of the molecule is Cc1ncc(C(=O)NCC(C)CN)o1. The molecule has 0 spiro atoms. The minimum absolute atomic E-state index is 0.242. The lowest BCUT2D eigenvalue weighted by Crippen LogP contribution is -2.31. The summed E-state index contributed by atoms with van der Waals surface area (Å²) in [5.74, 6) is 0.752. The average Bonchev–Trinajstić information content (AvgIpc) is 2.60. The van der Waals surface area contributed by atoms with Crippen LogP contribution in [0, 0.1) is 12.8 Å². The molecule has 0 aliphatic carbocycles. The fourth-order valence-corrected chi connectivity index (χ4v) is 0.904. The normalized spacial score (nSPS) is 12.5. The Morgan fingerprint density at radius 3 is 3.00 bits per heavy atom. The molecule has 1 aromatic heterocycles. The van der Waals surface area contributed by atoms with Gasteiger partial charge in [0.25, 0.3) is 5.91 Å². The van der Waals surface area contributed by atoms with Crippen molar-refractivity contribution in [1.82, 2.24) is 10.3 Å². The van der Waals surface area contributed by atoms with Crippen LogP contribution in [-0.2, 0) is 0 Å². The van der Waals surface area contributed by atoms with Gasteiger partial charge in [0.2, 0.25) is 5.76 Å². The van der Waals surface area contributed by atoms with E-state index >= 15 is 0 Å². The fourth-order valence-electron chi connectivity index (χ4n) is 0.904. The maximum atomic E-state index is 11.4. The molecule has 14 heavy (non-hydrogen) atoms. The third kappa shape index (κ3) is 2.85. The van der Waals surface area contributed by atoms with E-state index in [4.69, 9.17) is 10.2 Å². The molecule has 1 unspecified atom stereocenters. The Bertz CT molecular complexity index is 309. The zero-order chi connectivity index (χ0) is 10.6. The molecule has 0 aliphatic rings. The summed E-state index contributed by atoms with van der Waals surface area (Å²) >= 11 is 0. The van der Waals surface area contributed by atoms with Crippen LogP contribution >= 0.6 is 0 Å². The minimum Gasteiger partial charge on any atom is -0.436 e. The summed E-state index contributed by atoms with van der Waals surface area (Å²) in [7, 11) is 0. The summed E-state index contributed by atoms with van der Waals surface area (Å²) in [6.07, 6.45) is 1.41. The van der Waals surface area contributed by atoms with Crippen molar-refractivity contribution in [2.75, 3.05) is 13.1 Å². The van der Waals surface area contributed by atoms with Crippen LogP contribution in [0.25, 0.3) is 0 Å². The van der Waals surface area contributed by atoms with E-state index in [1.165, 1.54) is 6.20 Å². The van der Waals surface area contributed by atoms with Crippen molar-refractivity contribution in [2.45, 2.75) is 13.8 Å². The molecule has 1 rings (SSSR count). The van der Waals surface area contributed by atoms with Gasteiger partial charge in [0.05, 0.1) is 6.20 Å². The second-order valence-electron chi connectivity index (χ2n) is 3.29. The van der Waals surface area contributed by atoms with Gasteiger partial charge in [0, 0.05) is 13.5 Å². The van der Waals surface area contributed by atoms with Crippen molar-refractivity contribution >= 4 is 5.91 Å². The van der Waals surface area contributed by atoms with Crippen molar-refractivity contribution < 1.29 is 9.21 Å². The Labute approximate surface area is 82.7 Å². The molecule has 0 saturated carbocycles. The Balaban J connectivity index is 2.43. The van der Waals surface area contributed by atoms with Crippen molar-refractivity contribution in [3.8, 4) is 0 Å². The number of carbonyl (C=O) groups is 1. The van der Waals surface area contributed by atoms with E-state index in [2.05, 4.69) is 10.3 Å². The van der Waals surface area contributed by atoms with E-state index in [0.29, 0.717) is 19.0 Å². The quantitative estimate of drug-likeness (QED) is 0.727. The first-order valence-electron chi connectivity index (χ1n) is 4.54. The lowest BCUT2D eigenvalue weighted by molar-refractivity contribution is 0.0919. The molecule has 0 aromatic carbocycles. The van der Waals surface area contributed by atoms with Crippen LogP contribution in [-0.4, -0.2) is 24.0 Å². The first-order valence-corrected chi connectivity index (χ1v) is 4.54. The number of aromatic nitrogens is 1. The summed E-state index contributed by atoms with van der Waals surface area (Å²) < 4.78 is 5.06. The van der Waals surface area contributed by atoms with E-state index in [9.17, 15) is 4.79 Å². The van der Waals surface area contributed by atoms with E-state index in [0.717, 1.165) is 0 Å². The van der Waals surface area contributed by atoms with Crippen molar-refractivity contribution in [2.24, 2.45) is 11.7 Å². The Hall–Kier alpha value is -1.36. The van der Waals surface area contributed by atoms with Crippen molar-refractivity contribution in [3.05, 3.63) is 17.8 Å². The van der Waals surface area contributed by atoms with E-state index < -0.39 is 0 Å². The van der Waals surface area contributed by atoms with Crippen LogP contribution in [0.2, 0.25) is 0 Å². The highest BCUT2D eigenvalue weighted by molar-refractivity contribution is 5.91. The number of rotatable bonds is 4. The number of carbonyl (C=O) groups excluding carboxylic acids is 1. The highest BCUT2D eigenvalue weighted by atomic mass is 16.4. The maximum absolute atomic E-state index is 11.4. The highest BCUT2D eigenvalue weighted by Gasteiger charge is 2.11. The molecule has 1 aromatic rings. The zero-order valence-electron chi connectivity index (χ0n) is 8.41. The Kier molecular flexibility index (Phi) is 3.64.